The van der Waals surface area contributed by atoms with Gasteiger partial charge in [-0.25, -0.2) is 23.1 Å². The number of allylic oxidation sites excluding steroid dienone is 4. The Labute approximate surface area is 197 Å². The number of methoxy groups -OCH3 is 1. The van der Waals surface area contributed by atoms with Gasteiger partial charge in [0.25, 0.3) is 0 Å². The Kier molecular flexibility index (Phi) is 6.24. The van der Waals surface area contributed by atoms with Crippen LogP contribution in [0.25, 0.3) is 16.9 Å². The van der Waals surface area contributed by atoms with E-state index in [4.69, 9.17) is 9.88 Å². The van der Waals surface area contributed by atoms with Gasteiger partial charge < -0.3 is 4.74 Å². The minimum atomic E-state index is -3.88. The zero-order valence-corrected chi connectivity index (χ0v) is 19.7. The quantitative estimate of drug-likeness (QED) is 0.379. The summed E-state index contributed by atoms with van der Waals surface area (Å²) in [5.41, 5.74) is 1.44. The molecule has 0 bridgehead atoms. The van der Waals surface area contributed by atoms with Crippen molar-refractivity contribution in [3.63, 3.8) is 0 Å². The van der Waals surface area contributed by atoms with Crippen LogP contribution in [0.5, 0.6) is 0 Å². The van der Waals surface area contributed by atoms with Crippen LogP contribution in [0.15, 0.2) is 65.5 Å². The molecule has 1 atom stereocenters. The number of nitro groups is 1. The second kappa shape index (κ2) is 8.99. The Balaban J connectivity index is 1.89. The van der Waals surface area contributed by atoms with Crippen molar-refractivity contribution >= 4 is 21.4 Å². The van der Waals surface area contributed by atoms with Crippen LogP contribution in [0.1, 0.15) is 38.2 Å². The Morgan fingerprint density at radius 2 is 2.09 bits per heavy atom. The Morgan fingerprint density at radius 3 is 2.76 bits per heavy atom. The van der Waals surface area contributed by atoms with E-state index >= 15 is 0 Å². The van der Waals surface area contributed by atoms with Gasteiger partial charge in [-0.15, -0.1) is 0 Å². The number of fused-ring (bicyclic) bond motifs is 1. The lowest BCUT2D eigenvalue weighted by molar-refractivity contribution is -0.383. The zero-order chi connectivity index (χ0) is 24.5. The van der Waals surface area contributed by atoms with E-state index in [0.717, 1.165) is 24.0 Å². The standard InChI is InChI=1S/C23H25N5O5S/c1-3-4-11-23(14-18(34(24,31)32)8-9-21(23)33-2)17-7-5-6-16(13-17)19-10-12-25-22-20(28(29)30)15-26-27(19)22/h5-10,12-13,15H,3-4,11,14H2,1-2H3,(H2,24,31,32). The summed E-state index contributed by atoms with van der Waals surface area (Å²) in [5.74, 6) is 0.653. The molecule has 0 aliphatic heterocycles. The number of nitrogens with two attached hydrogens (primary N) is 1. The molecule has 4 rings (SSSR count). The van der Waals surface area contributed by atoms with E-state index in [-0.39, 0.29) is 22.7 Å². The van der Waals surface area contributed by atoms with Gasteiger partial charge >= 0.3 is 5.69 Å². The van der Waals surface area contributed by atoms with E-state index in [2.05, 4.69) is 17.0 Å². The Hall–Kier alpha value is -3.57. The summed E-state index contributed by atoms with van der Waals surface area (Å²) in [7, 11) is -2.31. The molecule has 1 aromatic carbocycles. The number of aromatic nitrogens is 3. The number of nitrogens with zero attached hydrogens (tertiary/aromatic N) is 4. The van der Waals surface area contributed by atoms with Crippen LogP contribution in [-0.2, 0) is 20.2 Å². The Bertz CT molecular complexity index is 1430. The second-order valence-electron chi connectivity index (χ2n) is 8.21. The van der Waals surface area contributed by atoms with Gasteiger partial charge in [-0.05, 0) is 36.3 Å². The van der Waals surface area contributed by atoms with Crippen molar-refractivity contribution in [2.45, 2.75) is 38.0 Å². The highest BCUT2D eigenvalue weighted by Crippen LogP contribution is 2.46. The second-order valence-corrected chi connectivity index (χ2v) is 9.82. The lowest BCUT2D eigenvalue weighted by atomic mass is 9.70. The van der Waals surface area contributed by atoms with Gasteiger partial charge in [-0.3, -0.25) is 10.1 Å². The molecule has 2 N–H and O–H groups in total. The van der Waals surface area contributed by atoms with Gasteiger partial charge in [-0.1, -0.05) is 38.0 Å². The summed E-state index contributed by atoms with van der Waals surface area (Å²) >= 11 is 0. The van der Waals surface area contributed by atoms with E-state index in [1.165, 1.54) is 23.0 Å². The molecule has 2 aromatic heterocycles. The van der Waals surface area contributed by atoms with Gasteiger partial charge in [0.15, 0.2) is 0 Å². The van der Waals surface area contributed by atoms with E-state index in [9.17, 15) is 18.5 Å². The number of benzene rings is 1. The van der Waals surface area contributed by atoms with Crippen molar-refractivity contribution in [3.05, 3.63) is 81.2 Å². The first-order valence-electron chi connectivity index (χ1n) is 10.8. The number of sulfonamides is 1. The van der Waals surface area contributed by atoms with Crippen LogP contribution in [0.3, 0.4) is 0 Å². The number of hydrogen-bond donors (Lipinski definition) is 1. The summed E-state index contributed by atoms with van der Waals surface area (Å²) in [6.45, 7) is 2.07. The van der Waals surface area contributed by atoms with Crippen LogP contribution in [0.4, 0.5) is 5.69 Å². The maximum atomic E-state index is 12.2. The SMILES string of the molecule is CCCCC1(c2cccc(-c3ccnc4c([N+](=O)[O-])cnn34)c2)CC(S(N)(=O)=O)=CC=C1OC. The van der Waals surface area contributed by atoms with Crippen LogP contribution in [0, 0.1) is 10.1 Å². The molecule has 178 valence electrons. The molecule has 2 heterocycles. The van der Waals surface area contributed by atoms with Crippen LogP contribution in [-0.4, -0.2) is 35.0 Å². The smallest absolute Gasteiger partial charge is 0.333 e. The average Bonchev–Trinajstić information content (AvgIpc) is 3.26. The highest BCUT2D eigenvalue weighted by molar-refractivity contribution is 7.93. The minimum absolute atomic E-state index is 0.142. The lowest BCUT2D eigenvalue weighted by Gasteiger charge is -2.38. The molecule has 0 spiro atoms. The third-order valence-electron chi connectivity index (χ3n) is 6.20. The first kappa shape index (κ1) is 23.6. The Morgan fingerprint density at radius 1 is 1.29 bits per heavy atom. The minimum Gasteiger partial charge on any atom is -0.500 e. The molecule has 1 unspecified atom stereocenters. The fraction of sp³-hybridized carbons (Fsp3) is 0.304. The van der Waals surface area contributed by atoms with Crippen molar-refractivity contribution in [2.24, 2.45) is 5.14 Å². The average molecular weight is 484 g/mol. The summed E-state index contributed by atoms with van der Waals surface area (Å²) in [6, 6.07) is 9.34. The number of hydrogen-bond acceptors (Lipinski definition) is 7. The van der Waals surface area contributed by atoms with Crippen molar-refractivity contribution in [1.29, 1.82) is 0 Å². The summed E-state index contributed by atoms with van der Waals surface area (Å²) in [4.78, 5) is 15.1. The fourth-order valence-corrected chi connectivity index (χ4v) is 5.22. The summed E-state index contributed by atoms with van der Waals surface area (Å²) < 4.78 is 31.6. The predicted octanol–water partition coefficient (Wildman–Crippen LogP) is 3.84. The zero-order valence-electron chi connectivity index (χ0n) is 18.8. The van der Waals surface area contributed by atoms with Crippen LogP contribution < -0.4 is 5.14 Å². The highest BCUT2D eigenvalue weighted by atomic mass is 32.2. The van der Waals surface area contributed by atoms with Crippen molar-refractivity contribution in [3.8, 4) is 11.3 Å². The molecule has 0 amide bonds. The first-order valence-corrected chi connectivity index (χ1v) is 12.3. The highest BCUT2D eigenvalue weighted by Gasteiger charge is 2.41. The molecule has 0 saturated carbocycles. The van der Waals surface area contributed by atoms with Gasteiger partial charge in [0, 0.05) is 18.2 Å². The van der Waals surface area contributed by atoms with E-state index in [1.807, 2.05) is 24.3 Å². The van der Waals surface area contributed by atoms with Crippen molar-refractivity contribution < 1.29 is 18.1 Å². The number of unbranched alkanes of at least 4 members (excludes halogenated alkanes) is 1. The molecule has 0 radical (unpaired) electrons. The third kappa shape index (κ3) is 4.08. The number of rotatable bonds is 8. The normalized spacial score (nSPS) is 18.4. The first-order chi connectivity index (χ1) is 16.2. The largest absolute Gasteiger partial charge is 0.500 e. The molecule has 0 saturated heterocycles. The molecule has 11 heteroatoms. The van der Waals surface area contributed by atoms with Crippen LogP contribution >= 0.6 is 0 Å². The van der Waals surface area contributed by atoms with E-state index < -0.39 is 20.4 Å². The summed E-state index contributed by atoms with van der Waals surface area (Å²) in [6.07, 6.45) is 8.43. The van der Waals surface area contributed by atoms with Gasteiger partial charge in [0.05, 0.1) is 28.0 Å². The monoisotopic (exact) mass is 483 g/mol. The maximum absolute atomic E-state index is 12.2. The summed E-state index contributed by atoms with van der Waals surface area (Å²) in [5, 5.41) is 21.0. The number of ether oxygens (including phenoxy) is 1. The molecule has 34 heavy (non-hydrogen) atoms. The molecule has 3 aromatic rings. The molecular weight excluding hydrogens is 458 g/mol. The third-order valence-corrected chi connectivity index (χ3v) is 7.21. The molecule has 1 aliphatic rings. The molecule has 1 aliphatic carbocycles. The van der Waals surface area contributed by atoms with Crippen LogP contribution in [0.2, 0.25) is 0 Å². The molecule has 10 nitrogen and oxygen atoms in total. The van der Waals surface area contributed by atoms with Gasteiger partial charge in [0.2, 0.25) is 15.7 Å². The lowest BCUT2D eigenvalue weighted by Crippen LogP contribution is -2.34. The fourth-order valence-electron chi connectivity index (χ4n) is 4.51. The van der Waals surface area contributed by atoms with E-state index in [1.54, 1.807) is 19.3 Å². The van der Waals surface area contributed by atoms with Crippen molar-refractivity contribution in [2.75, 3.05) is 7.11 Å². The topological polar surface area (TPSA) is 143 Å². The predicted molar refractivity (Wildman–Crippen MR) is 127 cm³/mol. The molecular formula is C23H25N5O5S. The van der Waals surface area contributed by atoms with E-state index in [0.29, 0.717) is 17.9 Å². The maximum Gasteiger partial charge on any atom is 0.333 e. The van der Waals surface area contributed by atoms with Crippen molar-refractivity contribution in [1.82, 2.24) is 14.6 Å². The van der Waals surface area contributed by atoms with Gasteiger partial charge in [-0.2, -0.15) is 5.10 Å². The molecule has 0 fully saturated rings. The van der Waals surface area contributed by atoms with Gasteiger partial charge in [0.1, 0.15) is 12.0 Å². The number of primary sulfonamides is 1.